The summed E-state index contributed by atoms with van der Waals surface area (Å²) < 4.78 is 0. The predicted molar refractivity (Wildman–Crippen MR) is 52.2 cm³/mol. The average molecular weight is 175 g/mol. The molecule has 0 aromatic heterocycles. The molecule has 1 fully saturated rings. The van der Waals surface area contributed by atoms with Crippen LogP contribution in [-0.4, -0.2) is 23.4 Å². The molecule has 0 unspecified atom stereocenters. The summed E-state index contributed by atoms with van der Waals surface area (Å²) in [6.45, 7) is 8.09. The Morgan fingerprint density at radius 3 is 2.38 bits per heavy atom. The van der Waals surface area contributed by atoms with Gasteiger partial charge in [0.2, 0.25) is 0 Å². The van der Waals surface area contributed by atoms with Crippen molar-refractivity contribution in [2.45, 2.75) is 18.9 Å². The van der Waals surface area contributed by atoms with Crippen LogP contribution in [-0.2, 0) is 4.79 Å². The lowest BCUT2D eigenvalue weighted by molar-refractivity contribution is -0.125. The Bertz CT molecular complexity index is 310. The third-order valence-electron chi connectivity index (χ3n) is 2.62. The molecule has 0 atom stereocenters. The molecule has 1 saturated carbocycles. The van der Waals surface area contributed by atoms with Gasteiger partial charge < -0.3 is 4.90 Å². The molecule has 68 valence electrons. The summed E-state index contributed by atoms with van der Waals surface area (Å²) in [4.78, 5) is 13.7. The number of carbonyl (C=O) groups excluding carboxylic acids is 1. The van der Waals surface area contributed by atoms with Crippen LogP contribution in [0.3, 0.4) is 0 Å². The molecule has 13 heavy (non-hydrogen) atoms. The highest BCUT2D eigenvalue weighted by Crippen LogP contribution is 2.33. The number of carbonyl (C=O) groups is 1. The first kappa shape index (κ1) is 8.30. The fourth-order valence-electron chi connectivity index (χ4n) is 1.71. The zero-order valence-electron chi connectivity index (χ0n) is 7.62. The monoisotopic (exact) mass is 175 g/mol. The molecule has 0 radical (unpaired) electrons. The number of hydrogen-bond acceptors (Lipinski definition) is 1. The Kier molecular flexibility index (Phi) is 1.83. The molecular weight excluding hydrogens is 162 g/mol. The summed E-state index contributed by atoms with van der Waals surface area (Å²) in [5.41, 5.74) is 1.76. The third kappa shape index (κ3) is 1.22. The Balaban J connectivity index is 2.25. The molecule has 1 aliphatic carbocycles. The standard InChI is InChI=1S/C11H13NO/c1-3-8-7-12(9-5-6-9)11(13)10(8)4-2/h3-4,9H,1-2,5-7H2. The maximum absolute atomic E-state index is 11.7. The van der Waals surface area contributed by atoms with Crippen LogP contribution in [0, 0.1) is 0 Å². The highest BCUT2D eigenvalue weighted by molar-refractivity contribution is 6.00. The Morgan fingerprint density at radius 2 is 2.00 bits per heavy atom. The molecule has 0 bridgehead atoms. The van der Waals surface area contributed by atoms with E-state index in [0.717, 1.165) is 30.5 Å². The van der Waals surface area contributed by atoms with Crippen LogP contribution in [0.2, 0.25) is 0 Å². The first-order valence-corrected chi connectivity index (χ1v) is 4.57. The minimum Gasteiger partial charge on any atom is -0.331 e. The summed E-state index contributed by atoms with van der Waals surface area (Å²) in [6, 6.07) is 0.486. The molecule has 2 aliphatic rings. The molecule has 0 aromatic carbocycles. The maximum Gasteiger partial charge on any atom is 0.254 e. The van der Waals surface area contributed by atoms with Crippen molar-refractivity contribution in [2.75, 3.05) is 6.54 Å². The minimum absolute atomic E-state index is 0.132. The van der Waals surface area contributed by atoms with Gasteiger partial charge in [-0.3, -0.25) is 4.79 Å². The van der Waals surface area contributed by atoms with Crippen LogP contribution in [0.4, 0.5) is 0 Å². The smallest absolute Gasteiger partial charge is 0.254 e. The van der Waals surface area contributed by atoms with Crippen molar-refractivity contribution in [2.24, 2.45) is 0 Å². The largest absolute Gasteiger partial charge is 0.331 e. The topological polar surface area (TPSA) is 20.3 Å². The Morgan fingerprint density at radius 1 is 1.31 bits per heavy atom. The van der Waals surface area contributed by atoms with Crippen molar-refractivity contribution < 1.29 is 4.79 Å². The summed E-state index contributed by atoms with van der Waals surface area (Å²) >= 11 is 0. The van der Waals surface area contributed by atoms with Gasteiger partial charge in [-0.25, -0.2) is 0 Å². The van der Waals surface area contributed by atoms with E-state index >= 15 is 0 Å². The van der Waals surface area contributed by atoms with Gasteiger partial charge in [0.1, 0.15) is 0 Å². The lowest BCUT2D eigenvalue weighted by Gasteiger charge is -2.14. The summed E-state index contributed by atoms with van der Waals surface area (Å²) in [5, 5.41) is 0. The van der Waals surface area contributed by atoms with E-state index < -0.39 is 0 Å². The van der Waals surface area contributed by atoms with Crippen LogP contribution < -0.4 is 0 Å². The molecule has 2 rings (SSSR count). The lowest BCUT2D eigenvalue weighted by atomic mass is 10.1. The van der Waals surface area contributed by atoms with Gasteiger partial charge in [-0.1, -0.05) is 25.3 Å². The normalized spacial score (nSPS) is 22.5. The number of nitrogens with zero attached hydrogens (tertiary/aromatic N) is 1. The van der Waals surface area contributed by atoms with E-state index in [1.54, 1.807) is 12.2 Å². The van der Waals surface area contributed by atoms with Crippen molar-refractivity contribution >= 4 is 5.91 Å². The molecule has 2 heteroatoms. The molecular formula is C11H13NO. The van der Waals surface area contributed by atoms with Crippen molar-refractivity contribution in [3.05, 3.63) is 36.5 Å². The molecule has 1 heterocycles. The first-order valence-electron chi connectivity index (χ1n) is 4.57. The van der Waals surface area contributed by atoms with E-state index in [9.17, 15) is 4.79 Å². The summed E-state index contributed by atoms with van der Waals surface area (Å²) in [5.74, 6) is 0.132. The molecule has 0 saturated heterocycles. The minimum atomic E-state index is 0.132. The zero-order chi connectivity index (χ0) is 9.42. The lowest BCUT2D eigenvalue weighted by Crippen LogP contribution is -2.29. The van der Waals surface area contributed by atoms with Gasteiger partial charge in [-0.15, -0.1) is 0 Å². The second kappa shape index (κ2) is 2.87. The van der Waals surface area contributed by atoms with Gasteiger partial charge in [0.25, 0.3) is 5.91 Å². The van der Waals surface area contributed by atoms with Gasteiger partial charge in [0.05, 0.1) is 0 Å². The Labute approximate surface area is 78.2 Å². The molecule has 0 spiro atoms. The molecule has 1 amide bonds. The molecule has 1 aliphatic heterocycles. The molecule has 0 aromatic rings. The first-order chi connectivity index (χ1) is 6.27. The summed E-state index contributed by atoms with van der Waals surface area (Å²) in [6.07, 6.45) is 5.71. The fourth-order valence-corrected chi connectivity index (χ4v) is 1.71. The third-order valence-corrected chi connectivity index (χ3v) is 2.62. The second-order valence-electron chi connectivity index (χ2n) is 3.51. The number of rotatable bonds is 3. The maximum atomic E-state index is 11.7. The van der Waals surface area contributed by atoms with Gasteiger partial charge >= 0.3 is 0 Å². The number of hydrogen-bond donors (Lipinski definition) is 0. The summed E-state index contributed by atoms with van der Waals surface area (Å²) in [7, 11) is 0. The van der Waals surface area contributed by atoms with Crippen molar-refractivity contribution in [1.82, 2.24) is 4.90 Å². The fraction of sp³-hybridized carbons (Fsp3) is 0.364. The zero-order valence-corrected chi connectivity index (χ0v) is 7.62. The van der Waals surface area contributed by atoms with Gasteiger partial charge in [-0.05, 0) is 18.4 Å². The van der Waals surface area contributed by atoms with E-state index in [1.807, 2.05) is 4.90 Å². The van der Waals surface area contributed by atoms with E-state index in [4.69, 9.17) is 0 Å². The van der Waals surface area contributed by atoms with Crippen LogP contribution in [0.25, 0.3) is 0 Å². The van der Waals surface area contributed by atoms with Gasteiger partial charge in [0.15, 0.2) is 0 Å². The van der Waals surface area contributed by atoms with Crippen LogP contribution >= 0.6 is 0 Å². The van der Waals surface area contributed by atoms with Crippen molar-refractivity contribution in [3.63, 3.8) is 0 Å². The highest BCUT2D eigenvalue weighted by atomic mass is 16.2. The van der Waals surface area contributed by atoms with E-state index in [-0.39, 0.29) is 5.91 Å². The van der Waals surface area contributed by atoms with Crippen LogP contribution in [0.1, 0.15) is 12.8 Å². The second-order valence-corrected chi connectivity index (χ2v) is 3.51. The highest BCUT2D eigenvalue weighted by Gasteiger charge is 2.37. The van der Waals surface area contributed by atoms with Crippen molar-refractivity contribution in [3.8, 4) is 0 Å². The van der Waals surface area contributed by atoms with Crippen LogP contribution in [0.5, 0.6) is 0 Å². The van der Waals surface area contributed by atoms with Gasteiger partial charge in [-0.2, -0.15) is 0 Å². The number of amides is 1. The SMILES string of the molecule is C=CC1=C(C=C)C(=O)N(C2CC2)C1. The van der Waals surface area contributed by atoms with E-state index in [0.29, 0.717) is 6.04 Å². The van der Waals surface area contributed by atoms with E-state index in [2.05, 4.69) is 13.2 Å². The Hall–Kier alpha value is -1.31. The predicted octanol–water partition coefficient (Wildman–Crippen LogP) is 1.66. The molecule has 0 N–H and O–H groups in total. The molecule has 2 nitrogen and oxygen atoms in total. The quantitative estimate of drug-likeness (QED) is 0.638. The van der Waals surface area contributed by atoms with E-state index in [1.165, 1.54) is 0 Å². The average Bonchev–Trinajstić information content (AvgIpc) is 2.91. The van der Waals surface area contributed by atoms with Crippen LogP contribution in [0.15, 0.2) is 36.5 Å². The van der Waals surface area contributed by atoms with Crippen molar-refractivity contribution in [1.29, 1.82) is 0 Å². The van der Waals surface area contributed by atoms with Gasteiger partial charge in [0, 0.05) is 18.2 Å².